The van der Waals surface area contributed by atoms with E-state index in [4.69, 9.17) is 18.9 Å². The van der Waals surface area contributed by atoms with Crippen LogP contribution in [0, 0.1) is 0 Å². The smallest absolute Gasteiger partial charge is 0.250 e. The highest BCUT2D eigenvalue weighted by Crippen LogP contribution is 2.36. The Labute approximate surface area is 171 Å². The van der Waals surface area contributed by atoms with Crippen LogP contribution in [0.4, 0.5) is 5.13 Å². The van der Waals surface area contributed by atoms with Gasteiger partial charge in [0, 0.05) is 17.0 Å². The van der Waals surface area contributed by atoms with Gasteiger partial charge in [-0.1, -0.05) is 6.07 Å². The quantitative estimate of drug-likeness (QED) is 0.614. The van der Waals surface area contributed by atoms with Crippen molar-refractivity contribution in [3.8, 4) is 34.3 Å². The molecule has 148 valence electrons. The summed E-state index contributed by atoms with van der Waals surface area (Å²) >= 11 is 1.35. The van der Waals surface area contributed by atoms with Gasteiger partial charge < -0.3 is 18.9 Å². The third-order valence-corrected chi connectivity index (χ3v) is 5.00. The summed E-state index contributed by atoms with van der Waals surface area (Å²) in [6.07, 6.45) is 3.15. The molecule has 0 radical (unpaired) electrons. The maximum atomic E-state index is 12.2. The summed E-state index contributed by atoms with van der Waals surface area (Å²) < 4.78 is 21.2. The van der Waals surface area contributed by atoms with Crippen molar-refractivity contribution in [2.24, 2.45) is 0 Å². The van der Waals surface area contributed by atoms with Crippen molar-refractivity contribution in [3.63, 3.8) is 0 Å². The van der Waals surface area contributed by atoms with Crippen molar-refractivity contribution >= 4 is 28.5 Å². The van der Waals surface area contributed by atoms with Crippen molar-refractivity contribution in [1.82, 2.24) is 4.98 Å². The van der Waals surface area contributed by atoms with Crippen molar-refractivity contribution < 1.29 is 23.7 Å². The van der Waals surface area contributed by atoms with E-state index >= 15 is 0 Å². The van der Waals surface area contributed by atoms with Gasteiger partial charge in [-0.2, -0.15) is 0 Å². The number of carbonyl (C=O) groups excluding carboxylic acids is 1. The maximum Gasteiger partial charge on any atom is 0.250 e. The molecule has 0 saturated carbocycles. The summed E-state index contributed by atoms with van der Waals surface area (Å²) in [4.78, 5) is 16.7. The molecule has 3 aromatic rings. The van der Waals surface area contributed by atoms with E-state index in [1.54, 1.807) is 32.4 Å². The van der Waals surface area contributed by atoms with Crippen LogP contribution in [-0.4, -0.2) is 31.9 Å². The lowest BCUT2D eigenvalue weighted by molar-refractivity contribution is -0.111. The fraction of sp³-hybridized carbons (Fsp3) is 0.143. The largest absolute Gasteiger partial charge is 0.493 e. The van der Waals surface area contributed by atoms with E-state index in [-0.39, 0.29) is 12.7 Å². The van der Waals surface area contributed by atoms with Crippen LogP contribution in [0.3, 0.4) is 0 Å². The summed E-state index contributed by atoms with van der Waals surface area (Å²) in [6, 6.07) is 11.1. The summed E-state index contributed by atoms with van der Waals surface area (Å²) in [5.74, 6) is 2.37. The molecule has 1 aliphatic heterocycles. The van der Waals surface area contributed by atoms with Crippen LogP contribution in [0.25, 0.3) is 17.3 Å². The van der Waals surface area contributed by atoms with Crippen LogP contribution in [0.1, 0.15) is 5.56 Å². The Bertz CT molecular complexity index is 1080. The van der Waals surface area contributed by atoms with Crippen LogP contribution in [0.15, 0.2) is 47.9 Å². The molecular weight excluding hydrogens is 392 g/mol. The lowest BCUT2D eigenvalue weighted by atomic mass is 10.1. The van der Waals surface area contributed by atoms with Gasteiger partial charge in [0.05, 0.1) is 19.9 Å². The van der Waals surface area contributed by atoms with Gasteiger partial charge >= 0.3 is 0 Å². The van der Waals surface area contributed by atoms with Crippen LogP contribution in [0.5, 0.6) is 23.0 Å². The van der Waals surface area contributed by atoms with Gasteiger partial charge in [-0.05, 0) is 42.0 Å². The molecule has 0 atom stereocenters. The average Bonchev–Trinajstić information content (AvgIpc) is 3.40. The Kier molecular flexibility index (Phi) is 5.35. The lowest BCUT2D eigenvalue weighted by Gasteiger charge is -2.07. The zero-order valence-corrected chi connectivity index (χ0v) is 16.6. The molecule has 0 unspecified atom stereocenters. The average molecular weight is 410 g/mol. The summed E-state index contributed by atoms with van der Waals surface area (Å²) in [5, 5.41) is 5.17. The summed E-state index contributed by atoms with van der Waals surface area (Å²) in [6.45, 7) is 0.226. The van der Waals surface area contributed by atoms with Crippen molar-refractivity contribution in [1.29, 1.82) is 0 Å². The minimum Gasteiger partial charge on any atom is -0.493 e. The lowest BCUT2D eigenvalue weighted by Crippen LogP contribution is -2.07. The fourth-order valence-corrected chi connectivity index (χ4v) is 3.52. The van der Waals surface area contributed by atoms with Crippen LogP contribution >= 0.6 is 11.3 Å². The molecule has 1 amide bonds. The Balaban J connectivity index is 1.42. The van der Waals surface area contributed by atoms with Crippen LogP contribution in [0.2, 0.25) is 0 Å². The first kappa shape index (κ1) is 18.8. The predicted molar refractivity (Wildman–Crippen MR) is 111 cm³/mol. The number of carbonyl (C=O) groups is 1. The Hall–Kier alpha value is -3.52. The number of fused-ring (bicyclic) bond motifs is 1. The minimum absolute atomic E-state index is 0.226. The minimum atomic E-state index is -0.272. The number of amides is 1. The van der Waals surface area contributed by atoms with E-state index in [9.17, 15) is 4.79 Å². The number of rotatable bonds is 6. The molecule has 2 heterocycles. The molecule has 0 fully saturated rings. The predicted octanol–water partition coefficient (Wildman–Crippen LogP) is 4.21. The Morgan fingerprint density at radius 2 is 1.93 bits per heavy atom. The van der Waals surface area contributed by atoms with Crippen LogP contribution < -0.4 is 24.3 Å². The zero-order chi connectivity index (χ0) is 20.2. The number of anilines is 1. The van der Waals surface area contributed by atoms with Gasteiger partial charge in [-0.15, -0.1) is 11.3 Å². The molecule has 2 aromatic carbocycles. The first-order valence-corrected chi connectivity index (χ1v) is 9.61. The highest BCUT2D eigenvalue weighted by atomic mass is 32.1. The Morgan fingerprint density at radius 3 is 2.76 bits per heavy atom. The van der Waals surface area contributed by atoms with E-state index in [1.807, 2.05) is 29.6 Å². The third-order valence-electron chi connectivity index (χ3n) is 4.24. The first-order valence-electron chi connectivity index (χ1n) is 8.73. The van der Waals surface area contributed by atoms with Crippen molar-refractivity contribution in [2.75, 3.05) is 26.3 Å². The molecule has 8 heteroatoms. The molecule has 0 bridgehead atoms. The topological polar surface area (TPSA) is 78.9 Å². The molecule has 0 aliphatic carbocycles. The van der Waals surface area contributed by atoms with Gasteiger partial charge in [-0.25, -0.2) is 4.98 Å². The molecule has 29 heavy (non-hydrogen) atoms. The molecule has 4 rings (SSSR count). The van der Waals surface area contributed by atoms with Gasteiger partial charge in [0.25, 0.3) is 0 Å². The summed E-state index contributed by atoms with van der Waals surface area (Å²) in [5.41, 5.74) is 2.47. The number of nitrogens with one attached hydrogen (secondary N) is 1. The van der Waals surface area contributed by atoms with Crippen molar-refractivity contribution in [2.45, 2.75) is 0 Å². The van der Waals surface area contributed by atoms with E-state index < -0.39 is 0 Å². The number of ether oxygens (including phenoxy) is 4. The molecule has 7 nitrogen and oxygen atoms in total. The normalized spacial score (nSPS) is 12.2. The maximum absolute atomic E-state index is 12.2. The van der Waals surface area contributed by atoms with E-state index in [1.165, 1.54) is 17.4 Å². The molecule has 0 saturated heterocycles. The first-order chi connectivity index (χ1) is 14.2. The molecule has 1 aliphatic rings. The standard InChI is InChI=1S/C21H18N2O5S/c1-25-16-6-3-13(9-18(16)26-2)4-8-20(24)23-21-22-15(11-29-21)14-5-7-17-19(10-14)28-12-27-17/h3-11H,12H2,1-2H3,(H,22,23,24)/b8-4+. The number of aromatic nitrogens is 1. The number of benzene rings is 2. The van der Waals surface area contributed by atoms with Crippen molar-refractivity contribution in [3.05, 3.63) is 53.4 Å². The second-order valence-electron chi connectivity index (χ2n) is 6.04. The molecular formula is C21H18N2O5S. The number of thiazole rings is 1. The number of nitrogens with zero attached hydrogens (tertiary/aromatic N) is 1. The number of hydrogen-bond acceptors (Lipinski definition) is 7. The van der Waals surface area contributed by atoms with E-state index in [2.05, 4.69) is 10.3 Å². The van der Waals surface area contributed by atoms with Crippen LogP contribution in [-0.2, 0) is 4.79 Å². The molecule has 1 N–H and O–H groups in total. The fourth-order valence-electron chi connectivity index (χ4n) is 2.80. The number of methoxy groups -OCH3 is 2. The third kappa shape index (κ3) is 4.17. The summed E-state index contributed by atoms with van der Waals surface area (Å²) in [7, 11) is 3.14. The van der Waals surface area contributed by atoms with Gasteiger partial charge in [0.1, 0.15) is 0 Å². The highest BCUT2D eigenvalue weighted by Gasteiger charge is 2.15. The monoisotopic (exact) mass is 410 g/mol. The Morgan fingerprint density at radius 1 is 1.10 bits per heavy atom. The highest BCUT2D eigenvalue weighted by molar-refractivity contribution is 7.14. The van der Waals surface area contributed by atoms with E-state index in [0.29, 0.717) is 22.4 Å². The molecule has 1 aromatic heterocycles. The van der Waals surface area contributed by atoms with Gasteiger partial charge in [-0.3, -0.25) is 10.1 Å². The zero-order valence-electron chi connectivity index (χ0n) is 15.8. The van der Waals surface area contributed by atoms with Gasteiger partial charge in [0.2, 0.25) is 12.7 Å². The number of hydrogen-bond donors (Lipinski definition) is 1. The SMILES string of the molecule is COc1ccc(/C=C/C(=O)Nc2nc(-c3ccc4c(c3)OCO4)cs2)cc1OC. The molecule has 0 spiro atoms. The van der Waals surface area contributed by atoms with Gasteiger partial charge in [0.15, 0.2) is 28.1 Å². The van der Waals surface area contributed by atoms with E-state index in [0.717, 1.165) is 22.6 Å². The second kappa shape index (κ2) is 8.24. The second-order valence-corrected chi connectivity index (χ2v) is 6.90.